The van der Waals surface area contributed by atoms with Crippen LogP contribution in [-0.2, 0) is 0 Å². The van der Waals surface area contributed by atoms with E-state index in [0.29, 0.717) is 6.04 Å². The van der Waals surface area contributed by atoms with E-state index in [0.717, 1.165) is 35.0 Å². The van der Waals surface area contributed by atoms with Crippen molar-refractivity contribution in [2.45, 2.75) is 45.7 Å². The van der Waals surface area contributed by atoms with Crippen molar-refractivity contribution >= 4 is 41.3 Å². The van der Waals surface area contributed by atoms with E-state index in [1.54, 1.807) is 11.3 Å². The summed E-state index contributed by atoms with van der Waals surface area (Å²) < 4.78 is 0. The quantitative estimate of drug-likeness (QED) is 0.766. The van der Waals surface area contributed by atoms with E-state index in [-0.39, 0.29) is 30.0 Å². The maximum Gasteiger partial charge on any atom is 0.194 e. The largest absolute Gasteiger partial charge is 0.347 e. The zero-order chi connectivity index (χ0) is 13.4. The molecule has 5 nitrogen and oxygen atoms in total. The minimum atomic E-state index is 0. The molecule has 0 spiro atoms. The highest BCUT2D eigenvalue weighted by molar-refractivity contribution is 14.0. The molecular weight excluding hydrogens is 385 g/mol. The molecule has 20 heavy (non-hydrogen) atoms. The van der Waals surface area contributed by atoms with Crippen molar-refractivity contribution in [2.75, 3.05) is 13.1 Å². The third-order valence-electron chi connectivity index (χ3n) is 3.92. The zero-order valence-electron chi connectivity index (χ0n) is 12.2. The number of aromatic nitrogens is 2. The van der Waals surface area contributed by atoms with Crippen molar-refractivity contribution < 1.29 is 0 Å². The maximum absolute atomic E-state index is 4.67. The molecule has 2 aliphatic heterocycles. The van der Waals surface area contributed by atoms with Crippen LogP contribution in [0, 0.1) is 12.8 Å². The van der Waals surface area contributed by atoms with Crippen molar-refractivity contribution in [2.24, 2.45) is 10.9 Å². The molecule has 3 atom stereocenters. The first kappa shape index (κ1) is 15.9. The van der Waals surface area contributed by atoms with Gasteiger partial charge in [-0.15, -0.1) is 34.2 Å². The predicted molar refractivity (Wildman–Crippen MR) is 92.8 cm³/mol. The molecule has 0 radical (unpaired) electrons. The lowest BCUT2D eigenvalue weighted by Crippen LogP contribution is -2.48. The van der Waals surface area contributed by atoms with Crippen LogP contribution < -0.4 is 5.32 Å². The first-order valence-electron chi connectivity index (χ1n) is 7.01. The van der Waals surface area contributed by atoms with Gasteiger partial charge in [0.15, 0.2) is 5.96 Å². The molecule has 1 saturated heterocycles. The van der Waals surface area contributed by atoms with Crippen LogP contribution in [-0.4, -0.2) is 40.2 Å². The lowest BCUT2D eigenvalue weighted by Gasteiger charge is -2.36. The summed E-state index contributed by atoms with van der Waals surface area (Å²) in [5, 5.41) is 13.9. The Hall–Kier alpha value is -0.440. The van der Waals surface area contributed by atoms with Crippen LogP contribution in [0.5, 0.6) is 0 Å². The molecule has 1 aromatic rings. The second-order valence-corrected chi connectivity index (χ2v) is 6.89. The summed E-state index contributed by atoms with van der Waals surface area (Å²) in [5.74, 6) is 1.82. The van der Waals surface area contributed by atoms with Gasteiger partial charge in [-0.1, -0.05) is 18.3 Å². The third kappa shape index (κ3) is 3.24. The number of rotatable bonds is 2. The molecule has 7 heteroatoms. The number of fused-ring (bicyclic) bond motifs is 1. The molecule has 0 amide bonds. The van der Waals surface area contributed by atoms with Crippen molar-refractivity contribution in [3.05, 3.63) is 10.0 Å². The van der Waals surface area contributed by atoms with E-state index >= 15 is 0 Å². The molecule has 0 bridgehead atoms. The summed E-state index contributed by atoms with van der Waals surface area (Å²) in [6.45, 7) is 8.51. The van der Waals surface area contributed by atoms with Crippen LogP contribution in [0.1, 0.15) is 42.7 Å². The second kappa shape index (κ2) is 6.55. The highest BCUT2D eigenvalue weighted by Gasteiger charge is 2.33. The van der Waals surface area contributed by atoms with Crippen LogP contribution in [0.4, 0.5) is 0 Å². The highest BCUT2D eigenvalue weighted by atomic mass is 127. The molecule has 112 valence electrons. The third-order valence-corrected chi connectivity index (χ3v) is 4.94. The number of hydrogen-bond donors (Lipinski definition) is 1. The minimum Gasteiger partial charge on any atom is -0.347 e. The topological polar surface area (TPSA) is 53.4 Å². The summed E-state index contributed by atoms with van der Waals surface area (Å²) in [4.78, 5) is 7.12. The number of aliphatic imine (C=N–C) groups is 1. The van der Waals surface area contributed by atoms with Crippen LogP contribution in [0.25, 0.3) is 0 Å². The van der Waals surface area contributed by atoms with Crippen LogP contribution in [0.3, 0.4) is 0 Å². The van der Waals surface area contributed by atoms with Gasteiger partial charge in [0, 0.05) is 6.54 Å². The first-order valence-corrected chi connectivity index (χ1v) is 7.82. The number of nitrogens with one attached hydrogen (secondary N) is 1. The maximum atomic E-state index is 4.67. The molecule has 3 unspecified atom stereocenters. The van der Waals surface area contributed by atoms with Gasteiger partial charge in [0.2, 0.25) is 0 Å². The average molecular weight is 407 g/mol. The van der Waals surface area contributed by atoms with Gasteiger partial charge in [0.25, 0.3) is 0 Å². The lowest BCUT2D eigenvalue weighted by atomic mass is 9.95. The molecular formula is C13H22IN5S. The second-order valence-electron chi connectivity index (χ2n) is 5.68. The van der Waals surface area contributed by atoms with E-state index in [9.17, 15) is 0 Å². The summed E-state index contributed by atoms with van der Waals surface area (Å²) >= 11 is 1.65. The molecule has 0 saturated carbocycles. The smallest absolute Gasteiger partial charge is 0.194 e. The Labute approximate surface area is 141 Å². The normalized spacial score (nSPS) is 26.6. The van der Waals surface area contributed by atoms with Gasteiger partial charge in [-0.2, -0.15) is 0 Å². The summed E-state index contributed by atoms with van der Waals surface area (Å²) in [6.07, 6.45) is 2.59. The summed E-state index contributed by atoms with van der Waals surface area (Å²) in [5.41, 5.74) is 0. The SMILES string of the molecule is Cc1nnc(C(C)NC2=NCC3CCC(C)CN23)s1.I. The number of piperidine rings is 1. The van der Waals surface area contributed by atoms with Gasteiger partial charge in [0.1, 0.15) is 10.0 Å². The van der Waals surface area contributed by atoms with Gasteiger partial charge in [0.05, 0.1) is 18.6 Å². The van der Waals surface area contributed by atoms with Crippen molar-refractivity contribution in [1.29, 1.82) is 0 Å². The molecule has 3 rings (SSSR count). The van der Waals surface area contributed by atoms with Crippen LogP contribution >= 0.6 is 35.3 Å². The van der Waals surface area contributed by atoms with Gasteiger partial charge < -0.3 is 10.2 Å². The molecule has 1 fully saturated rings. The fraction of sp³-hybridized carbons (Fsp3) is 0.769. The van der Waals surface area contributed by atoms with Crippen molar-refractivity contribution in [1.82, 2.24) is 20.4 Å². The standard InChI is InChI=1S/C13H21N5S.HI/c1-8-4-5-11-6-14-13(18(11)7-8)15-9(2)12-17-16-10(3)19-12;/h8-9,11H,4-7H2,1-3H3,(H,14,15);1H. The van der Waals surface area contributed by atoms with Gasteiger partial charge >= 0.3 is 0 Å². The summed E-state index contributed by atoms with van der Waals surface area (Å²) in [6, 6.07) is 0.794. The van der Waals surface area contributed by atoms with E-state index in [1.807, 2.05) is 6.92 Å². The number of guanidine groups is 1. The Morgan fingerprint density at radius 2 is 2.15 bits per heavy atom. The van der Waals surface area contributed by atoms with Crippen molar-refractivity contribution in [3.8, 4) is 0 Å². The number of aryl methyl sites for hydroxylation is 1. The number of halogens is 1. The molecule has 3 heterocycles. The molecule has 2 aliphatic rings. The minimum absolute atomic E-state index is 0. The molecule has 1 aromatic heterocycles. The van der Waals surface area contributed by atoms with E-state index in [2.05, 4.69) is 39.3 Å². The van der Waals surface area contributed by atoms with Gasteiger partial charge in [-0.3, -0.25) is 4.99 Å². The van der Waals surface area contributed by atoms with Crippen LogP contribution in [0.15, 0.2) is 4.99 Å². The fourth-order valence-corrected chi connectivity index (χ4v) is 3.51. The Bertz CT molecular complexity index is 489. The van der Waals surface area contributed by atoms with E-state index in [1.165, 1.54) is 12.8 Å². The average Bonchev–Trinajstić information content (AvgIpc) is 2.97. The van der Waals surface area contributed by atoms with E-state index in [4.69, 9.17) is 0 Å². The van der Waals surface area contributed by atoms with Gasteiger partial charge in [-0.25, -0.2) is 0 Å². The summed E-state index contributed by atoms with van der Waals surface area (Å²) in [7, 11) is 0. The van der Waals surface area contributed by atoms with Crippen molar-refractivity contribution in [3.63, 3.8) is 0 Å². The molecule has 1 N–H and O–H groups in total. The van der Waals surface area contributed by atoms with E-state index < -0.39 is 0 Å². The Balaban J connectivity index is 0.00000147. The number of nitrogens with zero attached hydrogens (tertiary/aromatic N) is 4. The molecule has 0 aromatic carbocycles. The Morgan fingerprint density at radius 1 is 1.35 bits per heavy atom. The zero-order valence-corrected chi connectivity index (χ0v) is 15.3. The van der Waals surface area contributed by atoms with Crippen LogP contribution in [0.2, 0.25) is 0 Å². The lowest BCUT2D eigenvalue weighted by molar-refractivity contribution is 0.210. The first-order chi connectivity index (χ1) is 9.13. The Kier molecular flexibility index (Phi) is 5.22. The Morgan fingerprint density at radius 3 is 2.85 bits per heavy atom. The monoisotopic (exact) mass is 407 g/mol. The fourth-order valence-electron chi connectivity index (χ4n) is 2.81. The number of hydrogen-bond acceptors (Lipinski definition) is 6. The molecule has 0 aliphatic carbocycles. The predicted octanol–water partition coefficient (Wildman–Crippen LogP) is 2.59. The van der Waals surface area contributed by atoms with Gasteiger partial charge in [-0.05, 0) is 32.6 Å². The highest BCUT2D eigenvalue weighted by Crippen LogP contribution is 2.26.